The average molecular weight is 791 g/mol. The van der Waals surface area contributed by atoms with Gasteiger partial charge in [0.05, 0.1) is 29.3 Å². The minimum atomic E-state index is -0.795. The summed E-state index contributed by atoms with van der Waals surface area (Å²) in [7, 11) is 0. The van der Waals surface area contributed by atoms with E-state index in [0.717, 1.165) is 61.1 Å². The van der Waals surface area contributed by atoms with Crippen LogP contribution < -0.4 is 9.30 Å². The third-order valence-corrected chi connectivity index (χ3v) is 11.1. The molecule has 0 aliphatic rings. The maximum atomic E-state index is 9.03. The zero-order valence-electron chi connectivity index (χ0n) is 41.4. The second-order valence-electron chi connectivity index (χ2n) is 17.7. The van der Waals surface area contributed by atoms with Crippen LogP contribution in [0.1, 0.15) is 86.2 Å². The van der Waals surface area contributed by atoms with Crippen LogP contribution in [0.25, 0.3) is 61.3 Å². The lowest BCUT2D eigenvalue weighted by atomic mass is 9.78. The number of nitrogens with zero attached hydrogens (tertiary/aromatic N) is 4. The molecule has 9 rings (SSSR count). The van der Waals surface area contributed by atoms with Crippen LogP contribution in [-0.2, 0) is 10.8 Å². The summed E-state index contributed by atoms with van der Waals surface area (Å²) in [4.78, 5) is 4.76. The van der Waals surface area contributed by atoms with Gasteiger partial charge in [0.2, 0.25) is 0 Å². The minimum Gasteiger partial charge on any atom is -0.458 e. The van der Waals surface area contributed by atoms with Crippen LogP contribution in [0.15, 0.2) is 164 Å². The summed E-state index contributed by atoms with van der Waals surface area (Å²) in [6.45, 7) is 16.9. The average Bonchev–Trinajstić information content (AvgIpc) is 3.90. The van der Waals surface area contributed by atoms with Crippen LogP contribution in [0.2, 0.25) is 0 Å². The predicted octanol–water partition coefficient (Wildman–Crippen LogP) is 13.9. The number of benzene rings is 6. The van der Waals surface area contributed by atoms with E-state index in [4.69, 9.17) is 17.9 Å². The van der Waals surface area contributed by atoms with Crippen LogP contribution in [0.4, 0.5) is 0 Å². The van der Waals surface area contributed by atoms with Crippen molar-refractivity contribution in [2.45, 2.75) is 72.1 Å². The Morgan fingerprint density at radius 2 is 1.37 bits per heavy atom. The molecule has 60 heavy (non-hydrogen) atoms. The molecule has 0 fully saturated rings. The van der Waals surface area contributed by atoms with Gasteiger partial charge < -0.3 is 4.74 Å². The molecule has 0 aliphatic carbocycles. The number of ether oxygens (including phenoxy) is 1. The molecule has 0 radical (unpaired) electrons. The van der Waals surface area contributed by atoms with Gasteiger partial charge in [-0.15, -0.1) is 0 Å². The summed E-state index contributed by atoms with van der Waals surface area (Å²) in [5, 5.41) is 2.14. The van der Waals surface area contributed by atoms with E-state index in [0.29, 0.717) is 22.7 Å². The van der Waals surface area contributed by atoms with Crippen molar-refractivity contribution in [1.29, 1.82) is 0 Å². The molecule has 0 bridgehead atoms. The summed E-state index contributed by atoms with van der Waals surface area (Å²) >= 11 is 0. The maximum Gasteiger partial charge on any atom is 0.268 e. The normalized spacial score (nSPS) is 13.7. The maximum absolute atomic E-state index is 9.03. The molecule has 6 aromatic carbocycles. The SMILES string of the molecule is [2H]c1c([2H])c([2H])c(-c2cccc(-c3cc(C(C)(C)C)cc(C(C)(C)C)c3)c2-[n+]2[c-]n(-c3cccc(Oc4ccc5c6ccccc6n(-c6cc(C([2H])(C)C)ccn6)c5c4)c3)cc2)c([2H])c1[2H]. The van der Waals surface area contributed by atoms with E-state index in [-0.39, 0.29) is 28.5 Å². The van der Waals surface area contributed by atoms with Gasteiger partial charge in [0.25, 0.3) is 6.33 Å². The Bertz CT molecular complexity index is 3300. The van der Waals surface area contributed by atoms with Crippen LogP contribution in [0.3, 0.4) is 0 Å². The third kappa shape index (κ3) is 7.41. The van der Waals surface area contributed by atoms with E-state index in [1.807, 2.05) is 114 Å². The Labute approximate surface area is 362 Å². The molecule has 0 saturated heterocycles. The number of para-hydroxylation sites is 2. The van der Waals surface area contributed by atoms with Crippen LogP contribution in [0.5, 0.6) is 11.5 Å². The molecule has 0 unspecified atom stereocenters. The van der Waals surface area contributed by atoms with Gasteiger partial charge in [-0.3, -0.25) is 13.7 Å². The Kier molecular flexibility index (Phi) is 8.12. The summed E-state index contributed by atoms with van der Waals surface area (Å²) in [6.07, 6.45) is 9.03. The first-order valence-corrected chi connectivity index (χ1v) is 20.4. The van der Waals surface area contributed by atoms with Gasteiger partial charge >= 0.3 is 0 Å². The van der Waals surface area contributed by atoms with Crippen molar-refractivity contribution in [2.24, 2.45) is 0 Å². The van der Waals surface area contributed by atoms with Crippen LogP contribution in [0, 0.1) is 6.33 Å². The fraction of sp³-hybridized carbons (Fsp3) is 0.200. The first kappa shape index (κ1) is 32.2. The summed E-state index contributed by atoms with van der Waals surface area (Å²) < 4.78 is 64.7. The van der Waals surface area contributed by atoms with Crippen LogP contribution >= 0.6 is 0 Å². The monoisotopic (exact) mass is 790 g/mol. The Morgan fingerprint density at radius 1 is 0.683 bits per heavy atom. The molecule has 0 saturated carbocycles. The highest BCUT2D eigenvalue weighted by Gasteiger charge is 2.23. The second-order valence-corrected chi connectivity index (χ2v) is 17.7. The van der Waals surface area contributed by atoms with E-state index in [9.17, 15) is 0 Å². The highest BCUT2D eigenvalue weighted by Crippen LogP contribution is 2.39. The highest BCUT2D eigenvalue weighted by molar-refractivity contribution is 6.09. The molecule has 3 heterocycles. The zero-order chi connectivity index (χ0) is 47.0. The number of hydrogen-bond acceptors (Lipinski definition) is 2. The summed E-state index contributed by atoms with van der Waals surface area (Å²) in [6, 6.07) is 36.5. The van der Waals surface area contributed by atoms with Crippen molar-refractivity contribution in [2.75, 3.05) is 0 Å². The summed E-state index contributed by atoms with van der Waals surface area (Å²) in [5.74, 6) is 1.17. The molecule has 5 heteroatoms. The van der Waals surface area contributed by atoms with E-state index in [2.05, 4.69) is 88.8 Å². The standard InChI is InChI=1S/C55H52N4O/c1-37(2)39-26-27-56-52(32-39)59-50-23-13-12-20-48(50)49-25-24-45(35-51(49)59)60-44-19-14-18-43(34-44)57-28-29-58(36-57)53-46(38-16-10-9-11-17-38)21-15-22-47(53)40-30-41(54(3,4)5)33-42(31-40)55(6,7)8/h9-35,37H,1-8H3/i9D,10D,11D,16D,17D,37D. The van der Waals surface area contributed by atoms with Crippen molar-refractivity contribution >= 4 is 21.8 Å². The van der Waals surface area contributed by atoms with E-state index < -0.39 is 24.0 Å². The van der Waals surface area contributed by atoms with Crippen molar-refractivity contribution in [3.8, 4) is 50.9 Å². The van der Waals surface area contributed by atoms with E-state index in [1.165, 1.54) is 0 Å². The quantitative estimate of drug-likeness (QED) is 0.114. The van der Waals surface area contributed by atoms with E-state index >= 15 is 0 Å². The molecule has 298 valence electrons. The minimum absolute atomic E-state index is 0.115. The highest BCUT2D eigenvalue weighted by atomic mass is 16.5. The Balaban J connectivity index is 1.15. The van der Waals surface area contributed by atoms with Gasteiger partial charge in [0.1, 0.15) is 17.3 Å². The van der Waals surface area contributed by atoms with Gasteiger partial charge in [0, 0.05) is 36.8 Å². The second kappa shape index (κ2) is 15.1. The largest absolute Gasteiger partial charge is 0.458 e. The number of imidazole rings is 1. The van der Waals surface area contributed by atoms with Crippen LogP contribution in [-0.4, -0.2) is 14.1 Å². The molecular formula is C55H52N4O. The molecular weight excluding hydrogens is 733 g/mol. The first-order chi connectivity index (χ1) is 31.2. The van der Waals surface area contributed by atoms with Gasteiger partial charge in [0.15, 0.2) is 0 Å². The third-order valence-electron chi connectivity index (χ3n) is 11.1. The molecule has 0 atom stereocenters. The van der Waals surface area contributed by atoms with Gasteiger partial charge in [-0.1, -0.05) is 146 Å². The lowest BCUT2D eigenvalue weighted by Gasteiger charge is -2.27. The Hall–Kier alpha value is -6.72. The van der Waals surface area contributed by atoms with Gasteiger partial charge in [-0.25, -0.2) is 4.98 Å². The molecule has 0 spiro atoms. The summed E-state index contributed by atoms with van der Waals surface area (Å²) in [5.41, 5.74) is 8.55. The van der Waals surface area contributed by atoms with E-state index in [1.54, 1.807) is 6.20 Å². The van der Waals surface area contributed by atoms with Gasteiger partial charge in [-0.2, -0.15) is 0 Å². The Morgan fingerprint density at radius 3 is 2.10 bits per heavy atom. The molecule has 0 amide bonds. The molecule has 0 N–H and O–H groups in total. The number of pyridine rings is 1. The van der Waals surface area contributed by atoms with Crippen molar-refractivity contribution in [3.63, 3.8) is 0 Å². The lowest BCUT2D eigenvalue weighted by molar-refractivity contribution is -0.598. The fourth-order valence-corrected chi connectivity index (χ4v) is 7.80. The predicted molar refractivity (Wildman–Crippen MR) is 247 cm³/mol. The first-order valence-electron chi connectivity index (χ1n) is 23.4. The molecule has 9 aromatic rings. The lowest BCUT2D eigenvalue weighted by Crippen LogP contribution is -2.30. The number of hydrogen-bond donors (Lipinski definition) is 0. The topological polar surface area (TPSA) is 35.9 Å². The van der Waals surface area contributed by atoms with Gasteiger partial charge in [-0.05, 0) is 104 Å². The zero-order valence-corrected chi connectivity index (χ0v) is 35.4. The number of rotatable bonds is 8. The fourth-order valence-electron chi connectivity index (χ4n) is 7.80. The molecule has 3 aromatic heterocycles. The van der Waals surface area contributed by atoms with Crippen molar-refractivity contribution in [1.82, 2.24) is 14.1 Å². The van der Waals surface area contributed by atoms with Crippen molar-refractivity contribution in [3.05, 3.63) is 187 Å². The molecule has 0 aliphatic heterocycles. The number of aromatic nitrogens is 4. The van der Waals surface area contributed by atoms with Crippen molar-refractivity contribution < 1.29 is 17.5 Å². The smallest absolute Gasteiger partial charge is 0.268 e. The number of fused-ring (bicyclic) bond motifs is 3. The molecule has 5 nitrogen and oxygen atoms in total.